The largest absolute Gasteiger partial charge is 0.493 e. The highest BCUT2D eigenvalue weighted by Gasteiger charge is 2.23. The Morgan fingerprint density at radius 3 is 2.89 bits per heavy atom. The number of hydrogen-bond acceptors (Lipinski definition) is 2. The molecule has 2 aromatic carbocycles. The van der Waals surface area contributed by atoms with Crippen molar-refractivity contribution in [3.05, 3.63) is 61.1 Å². The lowest BCUT2D eigenvalue weighted by Gasteiger charge is -2.16. The van der Waals surface area contributed by atoms with Gasteiger partial charge in [-0.2, -0.15) is 0 Å². The van der Waals surface area contributed by atoms with E-state index in [0.717, 1.165) is 31.3 Å². The number of rotatable bonds is 2. The summed E-state index contributed by atoms with van der Waals surface area (Å²) in [6.45, 7) is 0.703. The van der Waals surface area contributed by atoms with E-state index in [4.69, 9.17) is 4.74 Å². The fourth-order valence-corrected chi connectivity index (χ4v) is 3.36. The molecule has 19 heavy (non-hydrogen) atoms. The van der Waals surface area contributed by atoms with E-state index in [1.54, 1.807) is 0 Å². The van der Waals surface area contributed by atoms with Crippen LogP contribution in [0.25, 0.3) is 0 Å². The monoisotopic (exact) mass is 430 g/mol. The predicted octanol–water partition coefficient (Wildman–Crippen LogP) is 4.07. The van der Waals surface area contributed by atoms with E-state index in [1.165, 1.54) is 5.56 Å². The van der Waals surface area contributed by atoms with Crippen LogP contribution in [0.3, 0.4) is 0 Å². The Hall–Kier alpha value is -0.590. The van der Waals surface area contributed by atoms with E-state index in [2.05, 4.69) is 44.6 Å². The molecule has 0 saturated heterocycles. The van der Waals surface area contributed by atoms with Crippen LogP contribution in [0, 0.1) is 3.57 Å². The number of ether oxygens (including phenoxy) is 1. The fourth-order valence-electron chi connectivity index (χ4n) is 2.35. The summed E-state index contributed by atoms with van der Waals surface area (Å²) in [5.74, 6) is 0.853. The molecule has 0 spiro atoms. The molecule has 3 rings (SSSR count). The average molecular weight is 431 g/mol. The van der Waals surface area contributed by atoms with Gasteiger partial charge in [0.25, 0.3) is 0 Å². The van der Waals surface area contributed by atoms with Gasteiger partial charge in [-0.3, -0.25) is 0 Å². The first kappa shape index (κ1) is 13.4. The molecule has 0 bridgehead atoms. The maximum atomic E-state index is 10.7. The number of halogens is 2. The number of fused-ring (bicyclic) bond motifs is 1. The van der Waals surface area contributed by atoms with Gasteiger partial charge in [0.05, 0.1) is 6.61 Å². The first-order chi connectivity index (χ1) is 9.16. The van der Waals surface area contributed by atoms with Crippen LogP contribution in [0.15, 0.2) is 40.9 Å². The van der Waals surface area contributed by atoms with Gasteiger partial charge < -0.3 is 9.84 Å². The highest BCUT2D eigenvalue weighted by Crippen LogP contribution is 2.37. The van der Waals surface area contributed by atoms with Crippen molar-refractivity contribution in [1.82, 2.24) is 0 Å². The molecule has 0 aromatic heterocycles. The predicted molar refractivity (Wildman–Crippen MR) is 86.6 cm³/mol. The molecule has 4 heteroatoms. The molecular formula is C15H12BrIO2. The van der Waals surface area contributed by atoms with E-state index < -0.39 is 6.10 Å². The summed E-state index contributed by atoms with van der Waals surface area (Å²) in [4.78, 5) is 0. The summed E-state index contributed by atoms with van der Waals surface area (Å²) in [5.41, 5.74) is 2.94. The van der Waals surface area contributed by atoms with Gasteiger partial charge in [0.1, 0.15) is 11.9 Å². The second-order valence-corrected chi connectivity index (χ2v) is 6.58. The van der Waals surface area contributed by atoms with Crippen molar-refractivity contribution >= 4 is 38.5 Å². The van der Waals surface area contributed by atoms with Gasteiger partial charge in [-0.05, 0) is 51.9 Å². The van der Waals surface area contributed by atoms with Crippen molar-refractivity contribution in [2.24, 2.45) is 0 Å². The molecule has 0 fully saturated rings. The third-order valence-electron chi connectivity index (χ3n) is 3.29. The van der Waals surface area contributed by atoms with Gasteiger partial charge >= 0.3 is 0 Å². The number of aliphatic hydroxyl groups excluding tert-OH is 1. The Kier molecular flexibility index (Phi) is 3.82. The molecule has 1 atom stereocenters. The van der Waals surface area contributed by atoms with Crippen LogP contribution in [0.1, 0.15) is 22.8 Å². The lowest BCUT2D eigenvalue weighted by molar-refractivity contribution is 0.213. The zero-order valence-corrected chi connectivity index (χ0v) is 13.8. The first-order valence-electron chi connectivity index (χ1n) is 6.04. The molecule has 1 unspecified atom stereocenters. The van der Waals surface area contributed by atoms with Crippen LogP contribution < -0.4 is 4.74 Å². The van der Waals surface area contributed by atoms with Crippen LogP contribution in [0.5, 0.6) is 5.75 Å². The molecule has 98 valence electrons. The summed E-state index contributed by atoms with van der Waals surface area (Å²) >= 11 is 5.70. The molecule has 0 saturated carbocycles. The van der Waals surface area contributed by atoms with Gasteiger partial charge in [0.15, 0.2) is 0 Å². The molecule has 1 heterocycles. The minimum atomic E-state index is -0.655. The molecule has 1 aliphatic rings. The summed E-state index contributed by atoms with van der Waals surface area (Å²) in [6, 6.07) is 11.9. The standard InChI is InChI=1S/C15H12BrIO2/c16-10-4-5-13(17)12(8-10)14(18)11-3-1-2-9-6-7-19-15(9)11/h1-5,8,14,18H,6-7H2. The zero-order valence-electron chi connectivity index (χ0n) is 10.1. The maximum Gasteiger partial charge on any atom is 0.128 e. The minimum Gasteiger partial charge on any atom is -0.493 e. The highest BCUT2D eigenvalue weighted by molar-refractivity contribution is 14.1. The van der Waals surface area contributed by atoms with E-state index in [0.29, 0.717) is 6.61 Å². The van der Waals surface area contributed by atoms with Gasteiger partial charge in [0.2, 0.25) is 0 Å². The van der Waals surface area contributed by atoms with Crippen LogP contribution in [0.4, 0.5) is 0 Å². The summed E-state index contributed by atoms with van der Waals surface area (Å²) in [5, 5.41) is 10.7. The first-order valence-corrected chi connectivity index (χ1v) is 7.91. The van der Waals surface area contributed by atoms with Crippen molar-refractivity contribution in [3.8, 4) is 5.75 Å². The van der Waals surface area contributed by atoms with Crippen molar-refractivity contribution in [3.63, 3.8) is 0 Å². The Labute approximate surface area is 134 Å². The van der Waals surface area contributed by atoms with Crippen LogP contribution >= 0.6 is 38.5 Å². The highest BCUT2D eigenvalue weighted by atomic mass is 127. The molecule has 2 nitrogen and oxygen atoms in total. The van der Waals surface area contributed by atoms with Gasteiger partial charge in [-0.25, -0.2) is 0 Å². The Bertz CT molecular complexity index is 628. The van der Waals surface area contributed by atoms with Gasteiger partial charge in [-0.15, -0.1) is 0 Å². The van der Waals surface area contributed by atoms with Gasteiger partial charge in [0, 0.05) is 20.0 Å². The van der Waals surface area contributed by atoms with Crippen LogP contribution in [-0.4, -0.2) is 11.7 Å². The fraction of sp³-hybridized carbons (Fsp3) is 0.200. The minimum absolute atomic E-state index is 0.655. The third-order valence-corrected chi connectivity index (χ3v) is 4.77. The van der Waals surface area contributed by atoms with Crippen LogP contribution in [-0.2, 0) is 6.42 Å². The lowest BCUT2D eigenvalue weighted by Crippen LogP contribution is -2.04. The molecular weight excluding hydrogens is 419 g/mol. The normalized spacial score (nSPS) is 14.9. The Balaban J connectivity index is 2.07. The third kappa shape index (κ3) is 2.53. The Morgan fingerprint density at radius 1 is 1.21 bits per heavy atom. The maximum absolute atomic E-state index is 10.7. The molecule has 0 aliphatic carbocycles. The molecule has 0 amide bonds. The van der Waals surface area contributed by atoms with E-state index in [-0.39, 0.29) is 0 Å². The summed E-state index contributed by atoms with van der Waals surface area (Å²) < 4.78 is 7.68. The Morgan fingerprint density at radius 2 is 2.05 bits per heavy atom. The molecule has 2 aromatic rings. The average Bonchev–Trinajstić information content (AvgIpc) is 2.89. The molecule has 1 aliphatic heterocycles. The number of aliphatic hydroxyl groups is 1. The molecule has 0 radical (unpaired) electrons. The van der Waals surface area contributed by atoms with Crippen molar-refractivity contribution in [2.75, 3.05) is 6.61 Å². The smallest absolute Gasteiger partial charge is 0.128 e. The number of hydrogen-bond donors (Lipinski definition) is 1. The van der Waals surface area contributed by atoms with Gasteiger partial charge in [-0.1, -0.05) is 34.1 Å². The number of benzene rings is 2. The quantitative estimate of drug-likeness (QED) is 0.727. The lowest BCUT2D eigenvalue weighted by atomic mass is 9.98. The van der Waals surface area contributed by atoms with Crippen molar-refractivity contribution < 1.29 is 9.84 Å². The topological polar surface area (TPSA) is 29.5 Å². The van der Waals surface area contributed by atoms with E-state index in [1.807, 2.05) is 30.3 Å². The van der Waals surface area contributed by atoms with Crippen molar-refractivity contribution in [1.29, 1.82) is 0 Å². The summed E-state index contributed by atoms with van der Waals surface area (Å²) in [7, 11) is 0. The van der Waals surface area contributed by atoms with Crippen LogP contribution in [0.2, 0.25) is 0 Å². The number of para-hydroxylation sites is 1. The second-order valence-electron chi connectivity index (χ2n) is 4.50. The van der Waals surface area contributed by atoms with E-state index >= 15 is 0 Å². The zero-order chi connectivity index (χ0) is 13.4. The summed E-state index contributed by atoms with van der Waals surface area (Å²) in [6.07, 6.45) is 0.267. The molecule has 1 N–H and O–H groups in total. The SMILES string of the molecule is OC(c1cc(Br)ccc1I)c1cccc2c1OCC2. The van der Waals surface area contributed by atoms with Crippen molar-refractivity contribution in [2.45, 2.75) is 12.5 Å². The second kappa shape index (κ2) is 5.42. The van der Waals surface area contributed by atoms with E-state index in [9.17, 15) is 5.11 Å².